The second-order valence-electron chi connectivity index (χ2n) is 3.57. The van der Waals surface area contributed by atoms with Gasteiger partial charge in [0.25, 0.3) is 0 Å². The summed E-state index contributed by atoms with van der Waals surface area (Å²) in [6.45, 7) is 1.13. The molecule has 1 aliphatic rings. The SMILES string of the molecule is CN1CCCCC1/C=C\CC(=O)O. The first-order chi connectivity index (χ1) is 6.20. The molecule has 0 aromatic heterocycles. The molecule has 1 fully saturated rings. The van der Waals surface area contributed by atoms with Gasteiger partial charge in [-0.25, -0.2) is 0 Å². The summed E-state index contributed by atoms with van der Waals surface area (Å²) in [5.41, 5.74) is 0. The van der Waals surface area contributed by atoms with Crippen LogP contribution in [0.4, 0.5) is 0 Å². The summed E-state index contributed by atoms with van der Waals surface area (Å²) in [4.78, 5) is 12.5. The van der Waals surface area contributed by atoms with Crippen molar-refractivity contribution in [2.75, 3.05) is 13.6 Å². The second-order valence-corrected chi connectivity index (χ2v) is 3.57. The average Bonchev–Trinajstić information content (AvgIpc) is 2.08. The summed E-state index contributed by atoms with van der Waals surface area (Å²) in [7, 11) is 2.09. The molecule has 0 spiro atoms. The molecule has 3 nitrogen and oxygen atoms in total. The van der Waals surface area contributed by atoms with Gasteiger partial charge >= 0.3 is 5.97 Å². The molecule has 0 amide bonds. The molecule has 74 valence electrons. The lowest BCUT2D eigenvalue weighted by Gasteiger charge is -2.30. The first kappa shape index (κ1) is 10.3. The van der Waals surface area contributed by atoms with Gasteiger partial charge in [0, 0.05) is 6.04 Å². The minimum Gasteiger partial charge on any atom is -0.481 e. The highest BCUT2D eigenvalue weighted by molar-refractivity contribution is 5.68. The Morgan fingerprint density at radius 3 is 3.00 bits per heavy atom. The van der Waals surface area contributed by atoms with Crippen molar-refractivity contribution in [3.05, 3.63) is 12.2 Å². The Bertz CT molecular complexity index is 201. The van der Waals surface area contributed by atoms with Crippen molar-refractivity contribution in [1.29, 1.82) is 0 Å². The highest BCUT2D eigenvalue weighted by Gasteiger charge is 2.15. The van der Waals surface area contributed by atoms with Crippen LogP contribution in [0.15, 0.2) is 12.2 Å². The van der Waals surface area contributed by atoms with Crippen molar-refractivity contribution in [1.82, 2.24) is 4.90 Å². The third-order valence-corrected chi connectivity index (χ3v) is 2.48. The van der Waals surface area contributed by atoms with Gasteiger partial charge < -0.3 is 5.11 Å². The largest absolute Gasteiger partial charge is 0.481 e. The number of likely N-dealkylation sites (tertiary alicyclic amines) is 1. The summed E-state index contributed by atoms with van der Waals surface area (Å²) in [6, 6.07) is 0.452. The molecule has 0 aromatic carbocycles. The fourth-order valence-electron chi connectivity index (χ4n) is 1.67. The molecule has 1 saturated heterocycles. The molecule has 1 heterocycles. The molecule has 3 heteroatoms. The molecule has 1 atom stereocenters. The maximum absolute atomic E-state index is 10.3. The van der Waals surface area contributed by atoms with Crippen LogP contribution in [0, 0.1) is 0 Å². The molecule has 1 unspecified atom stereocenters. The number of aliphatic carboxylic acids is 1. The van der Waals surface area contributed by atoms with Gasteiger partial charge in [0.15, 0.2) is 0 Å². The summed E-state index contributed by atoms with van der Waals surface area (Å²) >= 11 is 0. The van der Waals surface area contributed by atoms with E-state index < -0.39 is 5.97 Å². The van der Waals surface area contributed by atoms with Crippen molar-refractivity contribution in [2.45, 2.75) is 31.7 Å². The van der Waals surface area contributed by atoms with E-state index in [0.717, 1.165) is 13.0 Å². The number of hydrogen-bond donors (Lipinski definition) is 1. The summed E-state index contributed by atoms with van der Waals surface area (Å²) in [5, 5.41) is 8.44. The maximum Gasteiger partial charge on any atom is 0.307 e. The standard InChI is InChI=1S/C10H17NO2/c1-11-8-3-2-5-9(11)6-4-7-10(12)13/h4,6,9H,2-3,5,7-8H2,1H3,(H,12,13)/b6-4-. The van der Waals surface area contributed by atoms with Gasteiger partial charge in [-0.1, -0.05) is 18.6 Å². The van der Waals surface area contributed by atoms with Crippen LogP contribution in [-0.2, 0) is 4.79 Å². The third kappa shape index (κ3) is 3.59. The maximum atomic E-state index is 10.3. The van der Waals surface area contributed by atoms with Crippen molar-refractivity contribution in [3.63, 3.8) is 0 Å². The van der Waals surface area contributed by atoms with Gasteiger partial charge in [-0.2, -0.15) is 0 Å². The first-order valence-corrected chi connectivity index (χ1v) is 4.79. The van der Waals surface area contributed by atoms with Crippen LogP contribution in [0.1, 0.15) is 25.7 Å². The molecule has 1 aliphatic heterocycles. The first-order valence-electron chi connectivity index (χ1n) is 4.79. The van der Waals surface area contributed by atoms with E-state index in [1.54, 1.807) is 6.08 Å². The van der Waals surface area contributed by atoms with Gasteiger partial charge in [-0.15, -0.1) is 0 Å². The second kappa shape index (κ2) is 5.02. The van der Waals surface area contributed by atoms with Crippen molar-refractivity contribution in [3.8, 4) is 0 Å². The van der Waals surface area contributed by atoms with Gasteiger partial charge in [0.1, 0.15) is 0 Å². The van der Waals surface area contributed by atoms with Crippen molar-refractivity contribution in [2.24, 2.45) is 0 Å². The Kier molecular flexibility index (Phi) is 3.96. The van der Waals surface area contributed by atoms with Crippen molar-refractivity contribution < 1.29 is 9.90 Å². The van der Waals surface area contributed by atoms with Crippen LogP contribution in [0.3, 0.4) is 0 Å². The minimum absolute atomic E-state index is 0.143. The van der Waals surface area contributed by atoms with Gasteiger partial charge in [-0.05, 0) is 26.4 Å². The van der Waals surface area contributed by atoms with Crippen LogP contribution in [-0.4, -0.2) is 35.6 Å². The smallest absolute Gasteiger partial charge is 0.307 e. The third-order valence-electron chi connectivity index (χ3n) is 2.48. The van der Waals surface area contributed by atoms with E-state index in [-0.39, 0.29) is 6.42 Å². The zero-order chi connectivity index (χ0) is 9.68. The minimum atomic E-state index is -0.755. The van der Waals surface area contributed by atoms with Crippen molar-refractivity contribution >= 4 is 5.97 Å². The van der Waals surface area contributed by atoms with Crippen LogP contribution >= 0.6 is 0 Å². The van der Waals surface area contributed by atoms with E-state index >= 15 is 0 Å². The Hall–Kier alpha value is -0.830. The Balaban J connectivity index is 2.33. The predicted octanol–water partition coefficient (Wildman–Crippen LogP) is 1.50. The zero-order valence-electron chi connectivity index (χ0n) is 8.07. The fourth-order valence-corrected chi connectivity index (χ4v) is 1.67. The molecule has 1 rings (SSSR count). The Morgan fingerprint density at radius 2 is 2.38 bits per heavy atom. The Labute approximate surface area is 79.0 Å². The van der Waals surface area contributed by atoms with E-state index in [9.17, 15) is 4.79 Å². The normalized spacial score (nSPS) is 25.2. The van der Waals surface area contributed by atoms with Gasteiger partial charge in [0.05, 0.1) is 6.42 Å². The molecular weight excluding hydrogens is 166 g/mol. The summed E-state index contributed by atoms with van der Waals surface area (Å²) in [5.74, 6) is -0.755. The quantitative estimate of drug-likeness (QED) is 0.674. The van der Waals surface area contributed by atoms with E-state index in [1.165, 1.54) is 12.8 Å². The zero-order valence-corrected chi connectivity index (χ0v) is 8.07. The monoisotopic (exact) mass is 183 g/mol. The average molecular weight is 183 g/mol. The molecule has 0 saturated carbocycles. The topological polar surface area (TPSA) is 40.5 Å². The number of carbonyl (C=O) groups is 1. The summed E-state index contributed by atoms with van der Waals surface area (Å²) in [6.07, 6.45) is 7.60. The number of rotatable bonds is 3. The highest BCUT2D eigenvalue weighted by atomic mass is 16.4. The molecule has 13 heavy (non-hydrogen) atoms. The number of carboxylic acids is 1. The fraction of sp³-hybridized carbons (Fsp3) is 0.700. The number of hydrogen-bond acceptors (Lipinski definition) is 2. The van der Waals surface area contributed by atoms with E-state index in [2.05, 4.69) is 11.9 Å². The van der Waals surface area contributed by atoms with Gasteiger partial charge in [0.2, 0.25) is 0 Å². The lowest BCUT2D eigenvalue weighted by atomic mass is 10.0. The van der Waals surface area contributed by atoms with Crippen LogP contribution in [0.25, 0.3) is 0 Å². The number of likely N-dealkylation sites (N-methyl/N-ethyl adjacent to an activating group) is 1. The Morgan fingerprint density at radius 1 is 1.62 bits per heavy atom. The van der Waals surface area contributed by atoms with E-state index in [1.807, 2.05) is 6.08 Å². The van der Waals surface area contributed by atoms with Crippen LogP contribution in [0.5, 0.6) is 0 Å². The number of nitrogens with zero attached hydrogens (tertiary/aromatic N) is 1. The number of piperidine rings is 1. The van der Waals surface area contributed by atoms with E-state index in [0.29, 0.717) is 6.04 Å². The van der Waals surface area contributed by atoms with Gasteiger partial charge in [-0.3, -0.25) is 9.69 Å². The molecule has 1 N–H and O–H groups in total. The van der Waals surface area contributed by atoms with Crippen LogP contribution in [0.2, 0.25) is 0 Å². The molecule has 0 bridgehead atoms. The predicted molar refractivity (Wildman–Crippen MR) is 51.7 cm³/mol. The number of carboxylic acid groups (broad SMARTS) is 1. The van der Waals surface area contributed by atoms with E-state index in [4.69, 9.17) is 5.11 Å². The lowest BCUT2D eigenvalue weighted by Crippen LogP contribution is -2.34. The summed E-state index contributed by atoms with van der Waals surface area (Å²) < 4.78 is 0. The molecule has 0 aromatic rings. The van der Waals surface area contributed by atoms with Crippen LogP contribution < -0.4 is 0 Å². The molecule has 0 radical (unpaired) electrons. The highest BCUT2D eigenvalue weighted by Crippen LogP contribution is 2.15. The molecular formula is C10H17NO2. The lowest BCUT2D eigenvalue weighted by molar-refractivity contribution is -0.136. The molecule has 0 aliphatic carbocycles.